The van der Waals surface area contributed by atoms with Gasteiger partial charge in [-0.2, -0.15) is 0 Å². The molecule has 1 amide bonds. The molecule has 0 spiro atoms. The lowest BCUT2D eigenvalue weighted by Gasteiger charge is -2.20. The molecule has 0 saturated heterocycles. The Labute approximate surface area is 112 Å². The van der Waals surface area contributed by atoms with Crippen LogP contribution in [0.3, 0.4) is 0 Å². The van der Waals surface area contributed by atoms with Crippen molar-refractivity contribution >= 4 is 17.7 Å². The van der Waals surface area contributed by atoms with E-state index < -0.39 is 11.9 Å². The maximum absolute atomic E-state index is 11.7. The fraction of sp³-hybridized carbons (Fsp3) is 0.462. The monoisotopic (exact) mass is 265 g/mol. The Kier molecular flexibility index (Phi) is 4.86. The molecule has 0 aliphatic heterocycles. The van der Waals surface area contributed by atoms with Gasteiger partial charge in [0.1, 0.15) is 11.9 Å². The highest BCUT2D eigenvalue weighted by Crippen LogP contribution is 2.14. The molecule has 0 bridgehead atoms. The predicted molar refractivity (Wildman–Crippen MR) is 71.8 cm³/mol. The fourth-order valence-corrected chi connectivity index (χ4v) is 1.67. The van der Waals surface area contributed by atoms with Gasteiger partial charge in [-0.15, -0.1) is 0 Å². The first-order valence-electron chi connectivity index (χ1n) is 5.98. The molecule has 0 fully saturated rings. The molecule has 6 heteroatoms. The smallest absolute Gasteiger partial charge is 0.328 e. The van der Waals surface area contributed by atoms with E-state index >= 15 is 0 Å². The summed E-state index contributed by atoms with van der Waals surface area (Å²) in [4.78, 5) is 27.1. The number of rotatable bonds is 5. The lowest BCUT2D eigenvalue weighted by Crippen LogP contribution is -2.35. The number of nitrogens with two attached hydrogens (primary N) is 1. The van der Waals surface area contributed by atoms with E-state index in [2.05, 4.69) is 10.3 Å². The minimum absolute atomic E-state index is 0.0202. The van der Waals surface area contributed by atoms with E-state index in [1.54, 1.807) is 13.0 Å². The van der Waals surface area contributed by atoms with Crippen LogP contribution >= 0.6 is 0 Å². The molecule has 104 valence electrons. The number of aromatic nitrogens is 1. The number of anilines is 1. The number of primary amides is 1. The van der Waals surface area contributed by atoms with Crippen molar-refractivity contribution in [2.75, 3.05) is 12.4 Å². The molecule has 1 aromatic heterocycles. The first kappa shape index (κ1) is 14.9. The third-order valence-electron chi connectivity index (χ3n) is 2.66. The largest absolute Gasteiger partial charge is 0.467 e. The first-order chi connectivity index (χ1) is 8.85. The average Bonchev–Trinajstić information content (AvgIpc) is 2.34. The quantitative estimate of drug-likeness (QED) is 0.777. The maximum Gasteiger partial charge on any atom is 0.328 e. The zero-order chi connectivity index (χ0) is 14.6. The van der Waals surface area contributed by atoms with Crippen LogP contribution in [0.4, 0.5) is 5.82 Å². The Balaban J connectivity index is 3.02. The molecule has 1 rings (SSSR count). The Morgan fingerprint density at radius 2 is 2.00 bits per heavy atom. The van der Waals surface area contributed by atoms with Crippen LogP contribution < -0.4 is 11.1 Å². The average molecular weight is 265 g/mol. The van der Waals surface area contributed by atoms with Crippen molar-refractivity contribution in [2.24, 2.45) is 11.7 Å². The lowest BCUT2D eigenvalue weighted by molar-refractivity contribution is -0.142. The van der Waals surface area contributed by atoms with Gasteiger partial charge in [0, 0.05) is 11.3 Å². The molecule has 0 aliphatic carbocycles. The molecule has 3 N–H and O–H groups in total. The van der Waals surface area contributed by atoms with E-state index in [0.29, 0.717) is 17.1 Å². The van der Waals surface area contributed by atoms with Crippen LogP contribution in [0.15, 0.2) is 12.1 Å². The number of methoxy groups -OCH3 is 1. The predicted octanol–water partition coefficient (Wildman–Crippen LogP) is 1.10. The number of carbonyl (C=O) groups excluding carboxylic acids is 2. The number of amides is 1. The second-order valence-corrected chi connectivity index (χ2v) is 4.64. The SMILES string of the molecule is COC(=O)C(Nc1cc(C(N)=O)cc(C)n1)C(C)C. The number of esters is 1. The van der Waals surface area contributed by atoms with Crippen molar-refractivity contribution in [3.63, 3.8) is 0 Å². The van der Waals surface area contributed by atoms with Gasteiger partial charge in [0.05, 0.1) is 7.11 Å². The molecule has 0 aliphatic rings. The van der Waals surface area contributed by atoms with Gasteiger partial charge in [0.2, 0.25) is 5.91 Å². The van der Waals surface area contributed by atoms with Crippen molar-refractivity contribution in [3.05, 3.63) is 23.4 Å². The molecular weight excluding hydrogens is 246 g/mol. The molecule has 0 aromatic carbocycles. The Hall–Kier alpha value is -2.11. The molecule has 0 saturated carbocycles. The van der Waals surface area contributed by atoms with E-state index in [4.69, 9.17) is 10.5 Å². The van der Waals surface area contributed by atoms with Crippen molar-refractivity contribution in [1.82, 2.24) is 4.98 Å². The van der Waals surface area contributed by atoms with E-state index in [1.807, 2.05) is 13.8 Å². The number of nitrogens with one attached hydrogen (secondary N) is 1. The Morgan fingerprint density at radius 1 is 1.37 bits per heavy atom. The van der Waals surface area contributed by atoms with Crippen molar-refractivity contribution in [1.29, 1.82) is 0 Å². The molecule has 19 heavy (non-hydrogen) atoms. The van der Waals surface area contributed by atoms with Gasteiger partial charge in [0.25, 0.3) is 0 Å². The second kappa shape index (κ2) is 6.17. The minimum Gasteiger partial charge on any atom is -0.467 e. The highest BCUT2D eigenvalue weighted by atomic mass is 16.5. The van der Waals surface area contributed by atoms with Crippen molar-refractivity contribution in [2.45, 2.75) is 26.8 Å². The van der Waals surface area contributed by atoms with Crippen LogP contribution in [0.25, 0.3) is 0 Å². The van der Waals surface area contributed by atoms with Crippen LogP contribution in [0.2, 0.25) is 0 Å². The molecular formula is C13H19N3O3. The maximum atomic E-state index is 11.7. The lowest BCUT2D eigenvalue weighted by atomic mass is 10.0. The van der Waals surface area contributed by atoms with Gasteiger partial charge in [-0.25, -0.2) is 9.78 Å². The van der Waals surface area contributed by atoms with Crippen LogP contribution in [0.1, 0.15) is 29.9 Å². The molecule has 1 aromatic rings. The fourth-order valence-electron chi connectivity index (χ4n) is 1.67. The highest BCUT2D eigenvalue weighted by molar-refractivity contribution is 5.93. The molecule has 0 radical (unpaired) electrons. The summed E-state index contributed by atoms with van der Waals surface area (Å²) in [5.41, 5.74) is 6.24. The van der Waals surface area contributed by atoms with Gasteiger partial charge in [-0.05, 0) is 25.0 Å². The van der Waals surface area contributed by atoms with Crippen molar-refractivity contribution in [3.8, 4) is 0 Å². The number of ether oxygens (including phenoxy) is 1. The molecule has 1 heterocycles. The van der Waals surface area contributed by atoms with Gasteiger partial charge in [-0.3, -0.25) is 4.79 Å². The van der Waals surface area contributed by atoms with Crippen molar-refractivity contribution < 1.29 is 14.3 Å². The van der Waals surface area contributed by atoms with Crippen LogP contribution in [-0.2, 0) is 9.53 Å². The summed E-state index contributed by atoms with van der Waals surface area (Å²) in [6, 6.07) is 2.59. The summed E-state index contributed by atoms with van der Waals surface area (Å²) in [6.07, 6.45) is 0. The summed E-state index contributed by atoms with van der Waals surface area (Å²) in [5, 5.41) is 2.97. The van der Waals surface area contributed by atoms with E-state index in [1.165, 1.54) is 13.2 Å². The second-order valence-electron chi connectivity index (χ2n) is 4.64. The number of pyridine rings is 1. The van der Waals surface area contributed by atoms with Gasteiger partial charge in [-0.1, -0.05) is 13.8 Å². The molecule has 1 atom stereocenters. The number of hydrogen-bond acceptors (Lipinski definition) is 5. The summed E-state index contributed by atoms with van der Waals surface area (Å²) in [5.74, 6) is -0.462. The van der Waals surface area contributed by atoms with E-state index in [9.17, 15) is 9.59 Å². The first-order valence-corrected chi connectivity index (χ1v) is 5.98. The zero-order valence-electron chi connectivity index (χ0n) is 11.6. The summed E-state index contributed by atoms with van der Waals surface area (Å²) in [6.45, 7) is 5.53. The number of hydrogen-bond donors (Lipinski definition) is 2. The topological polar surface area (TPSA) is 94.3 Å². The van der Waals surface area contributed by atoms with E-state index in [0.717, 1.165) is 0 Å². The van der Waals surface area contributed by atoms with Crippen LogP contribution in [0.5, 0.6) is 0 Å². The number of nitrogens with zero attached hydrogens (tertiary/aromatic N) is 1. The normalized spacial score (nSPS) is 12.1. The Morgan fingerprint density at radius 3 is 2.47 bits per heavy atom. The number of carbonyl (C=O) groups is 2. The van der Waals surface area contributed by atoms with Gasteiger partial charge >= 0.3 is 5.97 Å². The third-order valence-corrected chi connectivity index (χ3v) is 2.66. The Bertz CT molecular complexity index is 486. The third kappa shape index (κ3) is 3.94. The summed E-state index contributed by atoms with van der Waals surface area (Å²) in [7, 11) is 1.33. The standard InChI is InChI=1S/C13H19N3O3/c1-7(2)11(13(18)19-4)16-10-6-9(12(14)17)5-8(3)15-10/h5-7,11H,1-4H3,(H2,14,17)(H,15,16). The molecule has 1 unspecified atom stereocenters. The molecule has 6 nitrogen and oxygen atoms in total. The van der Waals surface area contributed by atoms with Crippen LogP contribution in [0, 0.1) is 12.8 Å². The summed E-state index contributed by atoms with van der Waals surface area (Å²) >= 11 is 0. The zero-order valence-corrected chi connectivity index (χ0v) is 11.6. The minimum atomic E-state index is -0.535. The highest BCUT2D eigenvalue weighted by Gasteiger charge is 2.23. The van der Waals surface area contributed by atoms with E-state index in [-0.39, 0.29) is 11.9 Å². The van der Waals surface area contributed by atoms with Crippen LogP contribution in [-0.4, -0.2) is 30.0 Å². The number of aryl methyl sites for hydroxylation is 1. The summed E-state index contributed by atoms with van der Waals surface area (Å²) < 4.78 is 4.73. The van der Waals surface area contributed by atoms with Gasteiger partial charge < -0.3 is 15.8 Å². The van der Waals surface area contributed by atoms with Gasteiger partial charge in [0.15, 0.2) is 0 Å².